The first-order chi connectivity index (χ1) is 11.8. The summed E-state index contributed by atoms with van der Waals surface area (Å²) in [5.41, 5.74) is 2.40. The van der Waals surface area contributed by atoms with Crippen LogP contribution in [0.4, 0.5) is 0 Å². The first-order valence-corrected chi connectivity index (χ1v) is 8.17. The molecule has 122 valence electrons. The molecule has 0 N–H and O–H groups in total. The fraction of sp³-hybridized carbons (Fsp3) is 0.263. The number of pyridine rings is 1. The Morgan fingerprint density at radius 3 is 2.75 bits per heavy atom. The fourth-order valence-electron chi connectivity index (χ4n) is 2.98. The zero-order valence-corrected chi connectivity index (χ0v) is 13.7. The van der Waals surface area contributed by atoms with E-state index < -0.39 is 0 Å². The molecule has 0 atom stereocenters. The smallest absolute Gasteiger partial charge is 0.145 e. The number of hydrogen-bond donors (Lipinski definition) is 0. The molecule has 1 aliphatic heterocycles. The summed E-state index contributed by atoms with van der Waals surface area (Å²) in [5, 5.41) is 4.41. The van der Waals surface area contributed by atoms with Gasteiger partial charge in [0.2, 0.25) is 0 Å². The lowest BCUT2D eigenvalue weighted by Crippen LogP contribution is -2.47. The number of ether oxygens (including phenoxy) is 1. The second-order valence-corrected chi connectivity index (χ2v) is 6.24. The zero-order chi connectivity index (χ0) is 16.4. The van der Waals surface area contributed by atoms with Crippen molar-refractivity contribution in [2.45, 2.75) is 19.5 Å². The maximum atomic E-state index is 5.99. The maximum Gasteiger partial charge on any atom is 0.145 e. The van der Waals surface area contributed by atoms with Gasteiger partial charge in [-0.1, -0.05) is 18.2 Å². The van der Waals surface area contributed by atoms with Crippen LogP contribution in [0.1, 0.15) is 17.2 Å². The highest BCUT2D eigenvalue weighted by atomic mass is 16.5. The number of likely N-dealkylation sites (tertiary alicyclic amines) is 1. The standard InChI is InChI=1S/C19H20N4O/c1-15-9-21-23(11-15)17-13-22(14-17)12-16-5-2-3-7-19(16)24-18-6-4-8-20-10-18/h2-11,17H,12-14H2,1H3. The van der Waals surface area contributed by atoms with Gasteiger partial charge in [-0.05, 0) is 30.7 Å². The molecule has 24 heavy (non-hydrogen) atoms. The third-order valence-corrected chi connectivity index (χ3v) is 4.27. The van der Waals surface area contributed by atoms with Gasteiger partial charge < -0.3 is 4.74 Å². The predicted molar refractivity (Wildman–Crippen MR) is 92.0 cm³/mol. The van der Waals surface area contributed by atoms with Crippen molar-refractivity contribution in [3.8, 4) is 11.5 Å². The number of nitrogens with zero attached hydrogens (tertiary/aromatic N) is 4. The number of aryl methyl sites for hydroxylation is 1. The van der Waals surface area contributed by atoms with Gasteiger partial charge in [-0.3, -0.25) is 14.6 Å². The summed E-state index contributed by atoms with van der Waals surface area (Å²) in [6.45, 7) is 4.99. The maximum absolute atomic E-state index is 5.99. The van der Waals surface area contributed by atoms with E-state index in [2.05, 4.69) is 44.9 Å². The summed E-state index contributed by atoms with van der Waals surface area (Å²) in [6, 6.07) is 12.5. The Morgan fingerprint density at radius 2 is 2.00 bits per heavy atom. The summed E-state index contributed by atoms with van der Waals surface area (Å²) in [7, 11) is 0. The van der Waals surface area contributed by atoms with Crippen LogP contribution in [0.3, 0.4) is 0 Å². The summed E-state index contributed by atoms with van der Waals surface area (Å²) < 4.78 is 8.06. The average molecular weight is 320 g/mol. The van der Waals surface area contributed by atoms with Crippen molar-refractivity contribution in [1.29, 1.82) is 0 Å². The monoisotopic (exact) mass is 320 g/mol. The van der Waals surface area contributed by atoms with Crippen molar-refractivity contribution in [3.05, 3.63) is 72.3 Å². The van der Waals surface area contributed by atoms with Crippen LogP contribution in [0.25, 0.3) is 0 Å². The van der Waals surface area contributed by atoms with Crippen molar-refractivity contribution < 1.29 is 4.74 Å². The van der Waals surface area contributed by atoms with E-state index in [4.69, 9.17) is 4.74 Å². The second kappa shape index (κ2) is 6.45. The molecule has 2 aromatic heterocycles. The molecule has 5 heteroatoms. The molecule has 0 bridgehead atoms. The van der Waals surface area contributed by atoms with Gasteiger partial charge in [0, 0.05) is 37.6 Å². The van der Waals surface area contributed by atoms with Crippen molar-refractivity contribution >= 4 is 0 Å². The van der Waals surface area contributed by atoms with Crippen LogP contribution in [0.2, 0.25) is 0 Å². The number of para-hydroxylation sites is 1. The summed E-state index contributed by atoms with van der Waals surface area (Å²) >= 11 is 0. The highest BCUT2D eigenvalue weighted by Crippen LogP contribution is 2.29. The van der Waals surface area contributed by atoms with Gasteiger partial charge >= 0.3 is 0 Å². The fourth-order valence-corrected chi connectivity index (χ4v) is 2.98. The first-order valence-electron chi connectivity index (χ1n) is 8.17. The van der Waals surface area contributed by atoms with Crippen LogP contribution < -0.4 is 4.74 Å². The van der Waals surface area contributed by atoms with Gasteiger partial charge in [0.1, 0.15) is 11.5 Å². The molecule has 1 saturated heterocycles. The topological polar surface area (TPSA) is 43.2 Å². The SMILES string of the molecule is Cc1cnn(C2CN(Cc3ccccc3Oc3cccnc3)C2)c1. The molecular weight excluding hydrogens is 300 g/mol. The van der Waals surface area contributed by atoms with Gasteiger partial charge in [-0.15, -0.1) is 0 Å². The van der Waals surface area contributed by atoms with Gasteiger partial charge in [0.15, 0.2) is 0 Å². The molecule has 0 spiro atoms. The predicted octanol–water partition coefficient (Wildman–Crippen LogP) is 3.44. The van der Waals surface area contributed by atoms with Crippen LogP contribution in [-0.2, 0) is 6.54 Å². The van der Waals surface area contributed by atoms with Crippen LogP contribution in [0, 0.1) is 6.92 Å². The Balaban J connectivity index is 1.41. The molecule has 3 aromatic rings. The van der Waals surface area contributed by atoms with Crippen LogP contribution in [0.5, 0.6) is 11.5 Å². The van der Waals surface area contributed by atoms with E-state index in [-0.39, 0.29) is 0 Å². The number of aromatic nitrogens is 3. The highest BCUT2D eigenvalue weighted by molar-refractivity contribution is 5.37. The second-order valence-electron chi connectivity index (χ2n) is 6.24. The molecule has 1 aromatic carbocycles. The summed E-state index contributed by atoms with van der Waals surface area (Å²) in [6.07, 6.45) is 7.51. The van der Waals surface area contributed by atoms with Crippen LogP contribution in [0.15, 0.2) is 61.2 Å². The number of rotatable bonds is 5. The van der Waals surface area contributed by atoms with Gasteiger partial charge in [0.25, 0.3) is 0 Å². The molecule has 0 amide bonds. The van der Waals surface area contributed by atoms with Gasteiger partial charge in [-0.25, -0.2) is 0 Å². The third-order valence-electron chi connectivity index (χ3n) is 4.27. The van der Waals surface area contributed by atoms with Crippen LogP contribution in [-0.4, -0.2) is 32.8 Å². The molecule has 0 radical (unpaired) electrons. The van der Waals surface area contributed by atoms with Crippen LogP contribution >= 0.6 is 0 Å². The molecule has 5 nitrogen and oxygen atoms in total. The first kappa shape index (κ1) is 14.9. The molecule has 1 aliphatic rings. The Morgan fingerprint density at radius 1 is 1.12 bits per heavy atom. The normalized spacial score (nSPS) is 15.2. The minimum Gasteiger partial charge on any atom is -0.455 e. The van der Waals surface area contributed by atoms with E-state index in [1.165, 1.54) is 11.1 Å². The highest BCUT2D eigenvalue weighted by Gasteiger charge is 2.29. The molecule has 1 fully saturated rings. The lowest BCUT2D eigenvalue weighted by Gasteiger charge is -2.39. The minimum absolute atomic E-state index is 0.477. The van der Waals surface area contributed by atoms with Gasteiger partial charge in [-0.2, -0.15) is 5.10 Å². The van der Waals surface area contributed by atoms with E-state index in [0.717, 1.165) is 31.1 Å². The van der Waals surface area contributed by atoms with E-state index in [1.54, 1.807) is 12.4 Å². The van der Waals surface area contributed by atoms with E-state index in [9.17, 15) is 0 Å². The number of benzene rings is 1. The Labute approximate surface area is 141 Å². The molecule has 0 saturated carbocycles. The van der Waals surface area contributed by atoms with E-state index >= 15 is 0 Å². The largest absolute Gasteiger partial charge is 0.455 e. The van der Waals surface area contributed by atoms with Crippen molar-refractivity contribution in [2.75, 3.05) is 13.1 Å². The third kappa shape index (κ3) is 3.16. The Hall–Kier alpha value is -2.66. The Kier molecular flexibility index (Phi) is 4.01. The molecular formula is C19H20N4O. The van der Waals surface area contributed by atoms with E-state index in [1.807, 2.05) is 30.5 Å². The van der Waals surface area contributed by atoms with Crippen molar-refractivity contribution in [3.63, 3.8) is 0 Å². The molecule has 0 aliphatic carbocycles. The molecule has 4 rings (SSSR count). The summed E-state index contributed by atoms with van der Waals surface area (Å²) in [4.78, 5) is 6.51. The number of hydrogen-bond acceptors (Lipinski definition) is 4. The quantitative estimate of drug-likeness (QED) is 0.722. The van der Waals surface area contributed by atoms with E-state index in [0.29, 0.717) is 6.04 Å². The summed E-state index contributed by atoms with van der Waals surface area (Å²) in [5.74, 6) is 1.65. The Bertz CT molecular complexity index is 809. The van der Waals surface area contributed by atoms with Gasteiger partial charge in [0.05, 0.1) is 18.4 Å². The lowest BCUT2D eigenvalue weighted by atomic mass is 10.1. The average Bonchev–Trinajstić information content (AvgIpc) is 2.99. The molecule has 0 unspecified atom stereocenters. The molecule has 3 heterocycles. The van der Waals surface area contributed by atoms with Crippen molar-refractivity contribution in [1.82, 2.24) is 19.7 Å². The van der Waals surface area contributed by atoms with Crippen molar-refractivity contribution in [2.24, 2.45) is 0 Å². The zero-order valence-electron chi connectivity index (χ0n) is 13.7. The minimum atomic E-state index is 0.477. The lowest BCUT2D eigenvalue weighted by molar-refractivity contribution is 0.0901.